The van der Waals surface area contributed by atoms with Gasteiger partial charge in [-0.3, -0.25) is 0 Å². The number of carbonyl (C=O) groups excluding carboxylic acids is 1. The molecule has 2 rings (SSSR count). The molecular formula is C15H17ClN2O2. The molecule has 5 heteroatoms. The number of nitrogens with one attached hydrogen (secondary N) is 2. The highest BCUT2D eigenvalue weighted by Crippen LogP contribution is 2.16. The molecule has 2 N–H and O–H groups in total. The highest BCUT2D eigenvalue weighted by molar-refractivity contribution is 6.31. The van der Waals surface area contributed by atoms with Crippen LogP contribution in [0.25, 0.3) is 0 Å². The van der Waals surface area contributed by atoms with Gasteiger partial charge in [-0.05, 0) is 37.1 Å². The summed E-state index contributed by atoms with van der Waals surface area (Å²) in [6, 6.07) is 11.0. The van der Waals surface area contributed by atoms with Crippen molar-refractivity contribution in [3.05, 3.63) is 59.0 Å². The van der Waals surface area contributed by atoms with Gasteiger partial charge in [-0.25, -0.2) is 4.79 Å². The Balaban J connectivity index is 1.78. The van der Waals surface area contributed by atoms with Gasteiger partial charge in [0.15, 0.2) is 0 Å². The summed E-state index contributed by atoms with van der Waals surface area (Å²) in [5, 5.41) is 6.33. The van der Waals surface area contributed by atoms with Crippen molar-refractivity contribution in [1.29, 1.82) is 0 Å². The molecule has 20 heavy (non-hydrogen) atoms. The predicted molar refractivity (Wildman–Crippen MR) is 78.7 cm³/mol. The zero-order chi connectivity index (χ0) is 14.4. The van der Waals surface area contributed by atoms with E-state index in [-0.39, 0.29) is 12.1 Å². The van der Waals surface area contributed by atoms with Crippen LogP contribution >= 0.6 is 11.6 Å². The third kappa shape index (κ3) is 4.31. The molecule has 106 valence electrons. The lowest BCUT2D eigenvalue weighted by atomic mass is 10.1. The predicted octanol–water partition coefficient (Wildman–Crippen LogP) is 3.36. The Hall–Kier alpha value is -1.94. The summed E-state index contributed by atoms with van der Waals surface area (Å²) < 4.78 is 5.14. The Morgan fingerprint density at radius 3 is 2.80 bits per heavy atom. The van der Waals surface area contributed by atoms with Gasteiger partial charge in [0.05, 0.1) is 12.8 Å². The SMILES string of the molecule is CC(Cc1ccccc1Cl)NC(=O)NCc1ccco1. The average Bonchev–Trinajstić information content (AvgIpc) is 2.92. The van der Waals surface area contributed by atoms with Crippen LogP contribution in [0.3, 0.4) is 0 Å². The molecular weight excluding hydrogens is 276 g/mol. The maximum Gasteiger partial charge on any atom is 0.315 e. The summed E-state index contributed by atoms with van der Waals surface area (Å²) in [7, 11) is 0. The zero-order valence-electron chi connectivity index (χ0n) is 11.2. The first-order valence-corrected chi connectivity index (χ1v) is 6.83. The molecule has 0 saturated heterocycles. The van der Waals surface area contributed by atoms with E-state index in [1.807, 2.05) is 37.3 Å². The van der Waals surface area contributed by atoms with E-state index in [1.165, 1.54) is 0 Å². The number of halogens is 1. The van der Waals surface area contributed by atoms with E-state index >= 15 is 0 Å². The number of benzene rings is 1. The minimum absolute atomic E-state index is 0.00787. The third-order valence-electron chi connectivity index (χ3n) is 2.86. The van der Waals surface area contributed by atoms with Crippen LogP contribution in [0.2, 0.25) is 5.02 Å². The Labute approximate surface area is 123 Å². The van der Waals surface area contributed by atoms with Crippen LogP contribution in [0.1, 0.15) is 18.2 Å². The fourth-order valence-electron chi connectivity index (χ4n) is 1.90. The van der Waals surface area contributed by atoms with Crippen molar-refractivity contribution in [3.63, 3.8) is 0 Å². The quantitative estimate of drug-likeness (QED) is 0.888. The van der Waals surface area contributed by atoms with Gasteiger partial charge in [0.25, 0.3) is 0 Å². The first-order chi connectivity index (χ1) is 9.65. The molecule has 2 aromatic rings. The number of rotatable bonds is 5. The molecule has 1 heterocycles. The van der Waals surface area contributed by atoms with Crippen molar-refractivity contribution in [1.82, 2.24) is 10.6 Å². The van der Waals surface area contributed by atoms with Gasteiger partial charge < -0.3 is 15.1 Å². The van der Waals surface area contributed by atoms with Crippen molar-refractivity contribution in [3.8, 4) is 0 Å². The van der Waals surface area contributed by atoms with E-state index < -0.39 is 0 Å². The van der Waals surface area contributed by atoms with Gasteiger partial charge in [-0.15, -0.1) is 0 Å². The lowest BCUT2D eigenvalue weighted by Gasteiger charge is -2.15. The van der Waals surface area contributed by atoms with Gasteiger partial charge >= 0.3 is 6.03 Å². The molecule has 1 atom stereocenters. The van der Waals surface area contributed by atoms with Crippen LogP contribution < -0.4 is 10.6 Å². The standard InChI is InChI=1S/C15H17ClN2O2/c1-11(9-12-5-2-3-7-14(12)16)18-15(19)17-10-13-6-4-8-20-13/h2-8,11H,9-10H2,1H3,(H2,17,18,19). The minimum atomic E-state index is -0.221. The molecule has 0 radical (unpaired) electrons. The van der Waals surface area contributed by atoms with Gasteiger partial charge in [0.1, 0.15) is 5.76 Å². The lowest BCUT2D eigenvalue weighted by molar-refractivity contribution is 0.236. The summed E-state index contributed by atoms with van der Waals surface area (Å²) in [6.07, 6.45) is 2.27. The summed E-state index contributed by atoms with van der Waals surface area (Å²) in [4.78, 5) is 11.7. The number of hydrogen-bond acceptors (Lipinski definition) is 2. The van der Waals surface area contributed by atoms with Crippen LogP contribution in [0.15, 0.2) is 47.1 Å². The molecule has 1 aromatic heterocycles. The topological polar surface area (TPSA) is 54.3 Å². The Kier molecular flexibility index (Phi) is 5.07. The maximum absolute atomic E-state index is 11.7. The molecule has 0 saturated carbocycles. The Morgan fingerprint density at radius 2 is 2.10 bits per heavy atom. The first-order valence-electron chi connectivity index (χ1n) is 6.45. The van der Waals surface area contributed by atoms with Crippen molar-refractivity contribution in [2.45, 2.75) is 25.9 Å². The number of amides is 2. The number of urea groups is 1. The highest BCUT2D eigenvalue weighted by atomic mass is 35.5. The van der Waals surface area contributed by atoms with Crippen molar-refractivity contribution < 1.29 is 9.21 Å². The lowest BCUT2D eigenvalue weighted by Crippen LogP contribution is -2.41. The van der Waals surface area contributed by atoms with Gasteiger partial charge in [-0.2, -0.15) is 0 Å². The van der Waals surface area contributed by atoms with Gasteiger partial charge in [0.2, 0.25) is 0 Å². The molecule has 0 aliphatic heterocycles. The molecule has 0 aliphatic rings. The van der Waals surface area contributed by atoms with Gasteiger partial charge in [0, 0.05) is 11.1 Å². The van der Waals surface area contributed by atoms with E-state index in [0.29, 0.717) is 13.0 Å². The summed E-state index contributed by atoms with van der Waals surface area (Å²) in [5.74, 6) is 0.721. The second kappa shape index (κ2) is 7.01. The fraction of sp³-hybridized carbons (Fsp3) is 0.267. The molecule has 0 fully saturated rings. The molecule has 2 amide bonds. The number of furan rings is 1. The average molecular weight is 293 g/mol. The smallest absolute Gasteiger partial charge is 0.315 e. The van der Waals surface area contributed by atoms with Crippen LogP contribution in [-0.4, -0.2) is 12.1 Å². The fourth-order valence-corrected chi connectivity index (χ4v) is 2.11. The summed E-state index contributed by atoms with van der Waals surface area (Å²) in [6.45, 7) is 2.31. The molecule has 0 spiro atoms. The first kappa shape index (κ1) is 14.5. The second-order valence-corrected chi connectivity index (χ2v) is 5.01. The summed E-state index contributed by atoms with van der Waals surface area (Å²) in [5.41, 5.74) is 1.02. The van der Waals surface area contributed by atoms with E-state index in [9.17, 15) is 4.79 Å². The monoisotopic (exact) mass is 292 g/mol. The van der Waals surface area contributed by atoms with E-state index in [4.69, 9.17) is 16.0 Å². The highest BCUT2D eigenvalue weighted by Gasteiger charge is 2.09. The molecule has 0 aliphatic carbocycles. The van der Waals surface area contributed by atoms with Crippen LogP contribution in [0, 0.1) is 0 Å². The van der Waals surface area contributed by atoms with Crippen molar-refractivity contribution in [2.24, 2.45) is 0 Å². The van der Waals surface area contributed by atoms with E-state index in [1.54, 1.807) is 12.3 Å². The Morgan fingerprint density at radius 1 is 1.30 bits per heavy atom. The van der Waals surface area contributed by atoms with Crippen LogP contribution in [0.5, 0.6) is 0 Å². The molecule has 1 unspecified atom stereocenters. The van der Waals surface area contributed by atoms with Crippen LogP contribution in [-0.2, 0) is 13.0 Å². The molecule has 1 aromatic carbocycles. The minimum Gasteiger partial charge on any atom is -0.467 e. The Bertz CT molecular complexity index is 555. The third-order valence-corrected chi connectivity index (χ3v) is 3.23. The van der Waals surface area contributed by atoms with Crippen molar-refractivity contribution >= 4 is 17.6 Å². The van der Waals surface area contributed by atoms with E-state index in [2.05, 4.69) is 10.6 Å². The number of hydrogen-bond donors (Lipinski definition) is 2. The van der Waals surface area contributed by atoms with Gasteiger partial charge in [-0.1, -0.05) is 29.8 Å². The van der Waals surface area contributed by atoms with Crippen LogP contribution in [0.4, 0.5) is 4.79 Å². The maximum atomic E-state index is 11.7. The zero-order valence-corrected chi connectivity index (χ0v) is 12.0. The van der Waals surface area contributed by atoms with E-state index in [0.717, 1.165) is 16.3 Å². The molecule has 0 bridgehead atoms. The largest absolute Gasteiger partial charge is 0.467 e. The number of carbonyl (C=O) groups is 1. The normalized spacial score (nSPS) is 11.9. The molecule has 4 nitrogen and oxygen atoms in total. The summed E-state index contributed by atoms with van der Waals surface area (Å²) >= 11 is 6.09. The van der Waals surface area contributed by atoms with Crippen molar-refractivity contribution in [2.75, 3.05) is 0 Å². The second-order valence-electron chi connectivity index (χ2n) is 4.60.